The first-order valence-corrected chi connectivity index (χ1v) is 48.2. The van der Waals surface area contributed by atoms with Crippen molar-refractivity contribution in [3.63, 3.8) is 0 Å². The molecule has 9 heteroatoms. The van der Waals surface area contributed by atoms with E-state index >= 15 is 0 Å². The van der Waals surface area contributed by atoms with Gasteiger partial charge in [-0.05, 0) is 249 Å². The fourth-order valence-corrected chi connectivity index (χ4v) is 26.3. The van der Waals surface area contributed by atoms with Crippen molar-refractivity contribution in [1.29, 1.82) is 0 Å². The molecule has 0 saturated heterocycles. The molecule has 0 atom stereocenters. The van der Waals surface area contributed by atoms with Gasteiger partial charge in [-0.3, -0.25) is 4.57 Å². The number of benzene rings is 21. The van der Waals surface area contributed by atoms with Gasteiger partial charge < -0.3 is 19.8 Å². The van der Waals surface area contributed by atoms with Crippen LogP contribution in [0.25, 0.3) is 115 Å². The van der Waals surface area contributed by atoms with Crippen LogP contribution in [0.3, 0.4) is 0 Å². The zero-order chi connectivity index (χ0) is 89.6. The van der Waals surface area contributed by atoms with Crippen molar-refractivity contribution in [3.05, 3.63) is 478 Å². The smallest absolute Gasteiger partial charge is 0.872 e. The topological polar surface area (TPSA) is 50.6 Å². The maximum Gasteiger partial charge on any atom is 1.00 e. The van der Waals surface area contributed by atoms with Gasteiger partial charge >= 0.3 is 18.9 Å². The summed E-state index contributed by atoms with van der Waals surface area (Å²) in [5, 5.41) is 28.6. The molecule has 3 aliphatic rings. The predicted molar refractivity (Wildman–Crippen MR) is 566 cm³/mol. The van der Waals surface area contributed by atoms with Gasteiger partial charge in [0.1, 0.15) is 5.82 Å². The van der Waals surface area contributed by atoms with Crippen LogP contribution in [-0.4, -0.2) is 24.3 Å². The average Bonchev–Trinajstić information content (AvgIpc) is 0.725. The molecule has 0 N–H and O–H groups in total. The van der Waals surface area contributed by atoms with Gasteiger partial charge in [-0.15, -0.1) is 5.75 Å². The molecule has 25 rings (SSSR count). The maximum atomic E-state index is 11.2. The fraction of sp³-hybridized carbons (Fsp3) is 0.0640. The molecule has 6 nitrogen and oxygen atoms in total. The SMILES string of the molecule is CC(C)(C)c1ccc(N2c3ccc(C(C)(C)C)cc3B3c4cccc5c4N(c4ccccc4[Si]5(c4ccccc4)c4ccccc4)c4cc(N(c5ccccc5)c5ccccc5)cc2c43)cc1.[Li+].[O-]c1cccc2ccccc12.c1ccc(-n2c(-c3ccc(-c4ccc5c(-c6ccc7ccccc7c6)c6ccccc6c(-c6ccc7ccccc7c6)c5c4)cc3)nc3ccccc32)cc1. The molecule has 0 bridgehead atoms. The number of aromatic nitrogens is 2. The summed E-state index contributed by atoms with van der Waals surface area (Å²) in [5.41, 5.74) is 28.9. The first-order chi connectivity index (χ1) is 65.2. The van der Waals surface area contributed by atoms with E-state index in [1.165, 1.54) is 148 Å². The van der Waals surface area contributed by atoms with Gasteiger partial charge in [-0.2, -0.15) is 0 Å². The van der Waals surface area contributed by atoms with Crippen molar-refractivity contribution in [1.82, 2.24) is 9.55 Å². The van der Waals surface area contributed by atoms with E-state index in [1.807, 2.05) is 30.3 Å². The number of fused-ring (bicyclic) bond motifs is 12. The van der Waals surface area contributed by atoms with Crippen LogP contribution in [0.2, 0.25) is 0 Å². The van der Waals surface area contributed by atoms with Crippen LogP contribution in [-0.2, 0) is 10.8 Å². The number of hydrogen-bond acceptors (Lipinski definition) is 5. The summed E-state index contributed by atoms with van der Waals surface area (Å²) in [5.74, 6) is 1.03. The molecule has 0 fully saturated rings. The van der Waals surface area contributed by atoms with Crippen molar-refractivity contribution in [2.24, 2.45) is 0 Å². The Labute approximate surface area is 797 Å². The number of hydrogen-bond donors (Lipinski definition) is 0. The first-order valence-electron chi connectivity index (χ1n) is 46.2. The Hall–Kier alpha value is -15.5. The minimum absolute atomic E-state index is 0. The largest absolute Gasteiger partial charge is 1.00 e. The predicted octanol–water partition coefficient (Wildman–Crippen LogP) is 24.7. The maximum absolute atomic E-state index is 11.2. The van der Waals surface area contributed by atoms with Crippen molar-refractivity contribution in [3.8, 4) is 56.2 Å². The van der Waals surface area contributed by atoms with Crippen molar-refractivity contribution >= 4 is 168 Å². The van der Waals surface area contributed by atoms with Gasteiger partial charge in [0.15, 0.2) is 8.07 Å². The number of nitrogens with zero attached hydrogens (tertiary/aromatic N) is 5. The van der Waals surface area contributed by atoms with Crippen LogP contribution < -0.4 is 75.8 Å². The minimum atomic E-state index is -2.91. The average molecular weight is 1730 g/mol. The van der Waals surface area contributed by atoms with E-state index in [2.05, 4.69) is 485 Å². The zero-order valence-corrected chi connectivity index (χ0v) is 77.2. The first kappa shape index (κ1) is 84.0. The summed E-state index contributed by atoms with van der Waals surface area (Å²) in [6.45, 7) is 13.9. The van der Waals surface area contributed by atoms with E-state index in [-0.39, 0.29) is 42.2 Å². The summed E-state index contributed by atoms with van der Waals surface area (Å²) >= 11 is 0. The third-order valence-corrected chi connectivity index (χ3v) is 32.3. The van der Waals surface area contributed by atoms with E-state index in [9.17, 15) is 5.11 Å². The second kappa shape index (κ2) is 34.3. The third-order valence-electron chi connectivity index (χ3n) is 27.5. The van der Waals surface area contributed by atoms with Crippen LogP contribution in [0.1, 0.15) is 52.7 Å². The van der Waals surface area contributed by atoms with Crippen LogP contribution in [0.15, 0.2) is 467 Å². The van der Waals surface area contributed by atoms with E-state index in [1.54, 1.807) is 12.1 Å². The van der Waals surface area contributed by atoms with Crippen LogP contribution in [0.4, 0.5) is 51.2 Å². The molecule has 22 aromatic rings. The number of para-hydroxylation sites is 7. The summed E-state index contributed by atoms with van der Waals surface area (Å²) in [6.07, 6.45) is 0. The standard InChI is InChI=1S/C62H54BN3Si.C53H34N2.C10H8O.Li/c1-61(2,3)43-34-37-47(38-35-43)65-53-39-36-44(62(4,5)6)40-52(53)63-51-30-21-33-58-60(51)66(54-31-19-20-32-57(54)67(58,49-26-15-9-16-27-49)50-28-17-10-18-29-50)56-42-48(41-55(65)59(56)63)64(45-22-11-7-12-23-45)46-24-13-8-14-25-46;1-2-16-44(17-3-1)55-50-21-11-10-20-49(50)54-53(55)38-26-22-37(23-27-38)41-30-31-47-48(34-41)52(43-29-25-36-13-5-7-15-40(36)33-43)46-19-9-8-18-45(46)51(47)42-28-24-35-12-4-6-14-39(35)32-42;11-10-7-3-5-8-4-1-2-6-9(8)10;/h7-42H,1-6H3;1-34H;1-7,11H;/q;;;+1/p-1. The van der Waals surface area contributed by atoms with Gasteiger partial charge in [0.25, 0.3) is 6.71 Å². The quantitative estimate of drug-likeness (QED) is 0.0954. The van der Waals surface area contributed by atoms with Crippen molar-refractivity contribution in [2.45, 2.75) is 52.4 Å². The molecular weight excluding hydrogens is 1630 g/mol. The summed E-state index contributed by atoms with van der Waals surface area (Å²) in [7, 11) is -2.91. The van der Waals surface area contributed by atoms with Crippen LogP contribution in [0.5, 0.6) is 5.75 Å². The Morgan fingerprint density at radius 2 is 0.769 bits per heavy atom. The molecule has 0 unspecified atom stereocenters. The van der Waals surface area contributed by atoms with Crippen LogP contribution in [0, 0.1) is 0 Å². The second-order valence-electron chi connectivity index (χ2n) is 37.4. The van der Waals surface area contributed by atoms with Crippen molar-refractivity contribution in [2.75, 3.05) is 14.7 Å². The molecular formula is C125H95BLiN5OSi. The summed E-state index contributed by atoms with van der Waals surface area (Å²) in [4.78, 5) is 12.8. The van der Waals surface area contributed by atoms with E-state index in [0.717, 1.165) is 67.2 Å². The monoisotopic (exact) mass is 1730 g/mol. The summed E-state index contributed by atoms with van der Waals surface area (Å²) < 4.78 is 2.26. The molecule has 0 spiro atoms. The van der Waals surface area contributed by atoms with E-state index < -0.39 is 8.07 Å². The molecule has 0 saturated carbocycles. The van der Waals surface area contributed by atoms with E-state index in [4.69, 9.17) is 4.98 Å². The van der Waals surface area contributed by atoms with E-state index in [0.29, 0.717) is 0 Å². The van der Waals surface area contributed by atoms with Gasteiger partial charge in [0, 0.05) is 56.7 Å². The summed E-state index contributed by atoms with van der Waals surface area (Å²) in [6, 6.07) is 171. The minimum Gasteiger partial charge on any atom is -0.872 e. The Balaban J connectivity index is 0.000000140. The fourth-order valence-electron chi connectivity index (χ4n) is 21.2. The Morgan fingerprint density at radius 1 is 0.299 bits per heavy atom. The molecule has 1 aromatic heterocycles. The molecule has 134 heavy (non-hydrogen) atoms. The second-order valence-corrected chi connectivity index (χ2v) is 41.1. The molecule has 0 amide bonds. The van der Waals surface area contributed by atoms with Crippen molar-refractivity contribution < 1.29 is 24.0 Å². The number of rotatable bonds is 11. The Bertz CT molecular complexity index is 8160. The Kier molecular flexibility index (Phi) is 21.5. The van der Waals surface area contributed by atoms with Gasteiger partial charge in [-0.25, -0.2) is 4.98 Å². The molecule has 0 aliphatic carbocycles. The zero-order valence-electron chi connectivity index (χ0n) is 76.2. The number of anilines is 9. The number of imidazole rings is 1. The normalized spacial score (nSPS) is 12.7. The van der Waals surface area contributed by atoms with Crippen LogP contribution >= 0.6 is 0 Å². The molecule has 21 aromatic carbocycles. The van der Waals surface area contributed by atoms with Gasteiger partial charge in [0.05, 0.1) is 16.7 Å². The Morgan fingerprint density at radius 3 is 1.38 bits per heavy atom. The van der Waals surface area contributed by atoms with Gasteiger partial charge in [-0.1, -0.05) is 406 Å². The van der Waals surface area contributed by atoms with Gasteiger partial charge in [0.2, 0.25) is 0 Å². The molecule has 0 radical (unpaired) electrons. The molecule has 634 valence electrons. The molecule has 3 aliphatic heterocycles. The molecule has 4 heterocycles. The third kappa shape index (κ3) is 14.6.